The van der Waals surface area contributed by atoms with Crippen LogP contribution >= 0.6 is 0 Å². The van der Waals surface area contributed by atoms with Gasteiger partial charge in [-0.3, -0.25) is 4.79 Å². The molecule has 0 aromatic heterocycles. The average molecular weight is 157 g/mol. The van der Waals surface area contributed by atoms with E-state index < -0.39 is 8.07 Å². The molecular formula is C7H15NOSi. The fourth-order valence-corrected chi connectivity index (χ4v) is 1.13. The van der Waals surface area contributed by atoms with Gasteiger partial charge >= 0.3 is 0 Å². The maximum Gasteiger partial charge on any atom is 0.243 e. The summed E-state index contributed by atoms with van der Waals surface area (Å²) in [5.41, 5.74) is 0. The summed E-state index contributed by atoms with van der Waals surface area (Å²) in [7, 11) is -1.12. The van der Waals surface area contributed by atoms with Crippen molar-refractivity contribution in [3.63, 3.8) is 0 Å². The van der Waals surface area contributed by atoms with Crippen molar-refractivity contribution in [1.82, 2.24) is 5.32 Å². The Kier molecular flexibility index (Phi) is 3.36. The van der Waals surface area contributed by atoms with Crippen LogP contribution in [0.15, 0.2) is 12.7 Å². The molecule has 1 amide bonds. The highest BCUT2D eigenvalue weighted by Gasteiger charge is 2.12. The van der Waals surface area contributed by atoms with Crippen LogP contribution in [-0.4, -0.2) is 20.1 Å². The van der Waals surface area contributed by atoms with Gasteiger partial charge in [-0.1, -0.05) is 26.2 Å². The average Bonchev–Trinajstić information content (AvgIpc) is 1.81. The molecule has 3 heteroatoms. The monoisotopic (exact) mass is 157 g/mol. The van der Waals surface area contributed by atoms with E-state index in [1.54, 1.807) is 0 Å². The molecule has 0 saturated heterocycles. The zero-order chi connectivity index (χ0) is 8.20. The van der Waals surface area contributed by atoms with Crippen LogP contribution in [0, 0.1) is 0 Å². The van der Waals surface area contributed by atoms with Gasteiger partial charge in [0.2, 0.25) is 5.91 Å². The largest absolute Gasteiger partial charge is 0.356 e. The van der Waals surface area contributed by atoms with E-state index in [9.17, 15) is 4.79 Å². The van der Waals surface area contributed by atoms with E-state index in [4.69, 9.17) is 0 Å². The number of amides is 1. The lowest BCUT2D eigenvalue weighted by molar-refractivity contribution is -0.116. The Morgan fingerprint density at radius 1 is 1.60 bits per heavy atom. The molecule has 0 saturated carbocycles. The number of rotatable bonds is 3. The Bertz CT molecular complexity index is 137. The summed E-state index contributed by atoms with van der Waals surface area (Å²) < 4.78 is 0. The van der Waals surface area contributed by atoms with Gasteiger partial charge in [0.05, 0.1) is 8.07 Å². The first-order valence-electron chi connectivity index (χ1n) is 3.36. The summed E-state index contributed by atoms with van der Waals surface area (Å²) in [4.78, 5) is 10.7. The van der Waals surface area contributed by atoms with Gasteiger partial charge in [-0.05, 0) is 6.08 Å². The van der Waals surface area contributed by atoms with Crippen molar-refractivity contribution < 1.29 is 4.79 Å². The molecule has 0 spiro atoms. The predicted octanol–water partition coefficient (Wildman–Crippen LogP) is 1.17. The molecule has 58 valence electrons. The highest BCUT2D eigenvalue weighted by molar-refractivity contribution is 6.76. The fraction of sp³-hybridized carbons (Fsp3) is 0.571. The molecule has 1 N–H and O–H groups in total. The van der Waals surface area contributed by atoms with Crippen molar-refractivity contribution >= 4 is 14.0 Å². The smallest absolute Gasteiger partial charge is 0.243 e. The number of carbonyl (C=O) groups excluding carboxylic acids is 1. The molecule has 0 heterocycles. The molecule has 0 aliphatic rings. The fourth-order valence-electron chi connectivity index (χ4n) is 0.424. The molecule has 0 unspecified atom stereocenters. The van der Waals surface area contributed by atoms with Crippen LogP contribution in [0.4, 0.5) is 0 Å². The lowest BCUT2D eigenvalue weighted by Crippen LogP contribution is -2.39. The van der Waals surface area contributed by atoms with E-state index in [0.717, 1.165) is 6.17 Å². The minimum absolute atomic E-state index is 0.0672. The van der Waals surface area contributed by atoms with E-state index >= 15 is 0 Å². The number of hydrogen-bond acceptors (Lipinski definition) is 1. The molecule has 0 aliphatic carbocycles. The third-order valence-corrected chi connectivity index (χ3v) is 2.22. The normalized spacial score (nSPS) is 10.7. The van der Waals surface area contributed by atoms with Crippen LogP contribution in [0.3, 0.4) is 0 Å². The SMILES string of the molecule is C=CC(=O)NC[Si](C)(C)C. The maximum absolute atomic E-state index is 10.7. The summed E-state index contributed by atoms with van der Waals surface area (Å²) >= 11 is 0. The first-order valence-corrected chi connectivity index (χ1v) is 7.07. The summed E-state index contributed by atoms with van der Waals surface area (Å²) in [5, 5.41) is 2.78. The number of carbonyl (C=O) groups is 1. The summed E-state index contributed by atoms with van der Waals surface area (Å²) in [6.45, 7) is 9.98. The summed E-state index contributed by atoms with van der Waals surface area (Å²) in [5.74, 6) is -0.0672. The van der Waals surface area contributed by atoms with Crippen molar-refractivity contribution in [3.05, 3.63) is 12.7 Å². The molecule has 0 radical (unpaired) electrons. The molecule has 0 aliphatic heterocycles. The van der Waals surface area contributed by atoms with E-state index in [1.165, 1.54) is 6.08 Å². The van der Waals surface area contributed by atoms with Gasteiger partial charge in [-0.15, -0.1) is 0 Å². The van der Waals surface area contributed by atoms with Crippen molar-refractivity contribution in [2.24, 2.45) is 0 Å². The Hall–Kier alpha value is -0.573. The minimum atomic E-state index is -1.12. The van der Waals surface area contributed by atoms with Gasteiger partial charge in [-0.2, -0.15) is 0 Å². The minimum Gasteiger partial charge on any atom is -0.356 e. The van der Waals surface area contributed by atoms with Crippen molar-refractivity contribution in [2.75, 3.05) is 6.17 Å². The number of nitrogens with one attached hydrogen (secondary N) is 1. The lowest BCUT2D eigenvalue weighted by atomic mass is 10.6. The van der Waals surface area contributed by atoms with Gasteiger partial charge in [0.15, 0.2) is 0 Å². The zero-order valence-corrected chi connectivity index (χ0v) is 7.90. The van der Waals surface area contributed by atoms with Crippen LogP contribution in [0.1, 0.15) is 0 Å². The van der Waals surface area contributed by atoms with Crippen LogP contribution in [0.2, 0.25) is 19.6 Å². The van der Waals surface area contributed by atoms with E-state index in [2.05, 4.69) is 31.5 Å². The second-order valence-corrected chi connectivity index (χ2v) is 8.96. The van der Waals surface area contributed by atoms with Crippen LogP contribution in [0.5, 0.6) is 0 Å². The second-order valence-electron chi connectivity index (χ2n) is 3.48. The van der Waals surface area contributed by atoms with Gasteiger partial charge in [-0.25, -0.2) is 0 Å². The quantitative estimate of drug-likeness (QED) is 0.483. The lowest BCUT2D eigenvalue weighted by Gasteiger charge is -2.15. The Morgan fingerprint density at radius 3 is 2.40 bits per heavy atom. The Labute approximate surface area is 63.3 Å². The first kappa shape index (κ1) is 9.43. The van der Waals surface area contributed by atoms with Gasteiger partial charge in [0.25, 0.3) is 0 Å². The molecule has 2 nitrogen and oxygen atoms in total. The molecule has 0 fully saturated rings. The molecule has 0 rings (SSSR count). The Balaban J connectivity index is 3.55. The van der Waals surface area contributed by atoms with Crippen molar-refractivity contribution in [3.8, 4) is 0 Å². The predicted molar refractivity (Wildman–Crippen MR) is 46.6 cm³/mol. The third kappa shape index (κ3) is 5.56. The highest BCUT2D eigenvalue weighted by Crippen LogP contribution is 1.96. The van der Waals surface area contributed by atoms with Crippen molar-refractivity contribution in [2.45, 2.75) is 19.6 Å². The molecular weight excluding hydrogens is 142 g/mol. The Morgan fingerprint density at radius 2 is 2.10 bits per heavy atom. The van der Waals surface area contributed by atoms with E-state index in [-0.39, 0.29) is 5.91 Å². The maximum atomic E-state index is 10.7. The molecule has 0 atom stereocenters. The van der Waals surface area contributed by atoms with Gasteiger partial charge in [0, 0.05) is 6.17 Å². The molecule has 0 bridgehead atoms. The van der Waals surface area contributed by atoms with Crippen LogP contribution in [0.25, 0.3) is 0 Å². The second kappa shape index (κ2) is 3.56. The highest BCUT2D eigenvalue weighted by atomic mass is 28.3. The van der Waals surface area contributed by atoms with E-state index in [1.807, 2.05) is 0 Å². The zero-order valence-electron chi connectivity index (χ0n) is 6.90. The first-order chi connectivity index (χ1) is 4.45. The standard InChI is InChI=1S/C7H15NOSi/c1-5-7(9)8-6-10(2,3)4/h5H,1,6H2,2-4H3,(H,8,9). The molecule has 0 aromatic rings. The van der Waals surface area contributed by atoms with Crippen LogP contribution in [-0.2, 0) is 4.79 Å². The van der Waals surface area contributed by atoms with Gasteiger partial charge in [0.1, 0.15) is 0 Å². The molecule has 10 heavy (non-hydrogen) atoms. The summed E-state index contributed by atoms with van der Waals surface area (Å²) in [6.07, 6.45) is 2.14. The van der Waals surface area contributed by atoms with Crippen molar-refractivity contribution in [1.29, 1.82) is 0 Å². The van der Waals surface area contributed by atoms with E-state index in [0.29, 0.717) is 0 Å². The summed E-state index contributed by atoms with van der Waals surface area (Å²) in [6, 6.07) is 0. The van der Waals surface area contributed by atoms with Crippen LogP contribution < -0.4 is 5.32 Å². The third-order valence-electron chi connectivity index (χ3n) is 0.978. The topological polar surface area (TPSA) is 29.1 Å². The number of hydrogen-bond donors (Lipinski definition) is 1. The van der Waals surface area contributed by atoms with Gasteiger partial charge < -0.3 is 5.32 Å². The molecule has 0 aromatic carbocycles.